The van der Waals surface area contributed by atoms with E-state index in [0.717, 1.165) is 23.8 Å². The maximum atomic E-state index is 12.4. The standard InChI is InChI=1S/C16H13N5O2/c22-14(20-12-5-4-10-2-1-3-11(10)8-12)13-9-18-16-17-6-7-19-21(16)15(13)23/h4-9H,1-3H2,(H,20,22). The van der Waals surface area contributed by atoms with Crippen LogP contribution in [0.1, 0.15) is 27.9 Å². The molecular weight excluding hydrogens is 294 g/mol. The molecule has 1 aliphatic rings. The van der Waals surface area contributed by atoms with E-state index in [1.54, 1.807) is 0 Å². The van der Waals surface area contributed by atoms with Gasteiger partial charge in [0.25, 0.3) is 17.2 Å². The second-order valence-corrected chi connectivity index (χ2v) is 5.42. The summed E-state index contributed by atoms with van der Waals surface area (Å²) in [5.41, 5.74) is 2.65. The first-order valence-electron chi connectivity index (χ1n) is 7.34. The first-order valence-corrected chi connectivity index (χ1v) is 7.34. The average molecular weight is 307 g/mol. The van der Waals surface area contributed by atoms with Gasteiger partial charge < -0.3 is 5.32 Å². The fraction of sp³-hybridized carbons (Fsp3) is 0.188. The van der Waals surface area contributed by atoms with Crippen molar-refractivity contribution >= 4 is 17.4 Å². The molecule has 0 saturated heterocycles. The maximum Gasteiger partial charge on any atom is 0.288 e. The molecule has 0 aliphatic heterocycles. The van der Waals surface area contributed by atoms with Gasteiger partial charge in [-0.2, -0.15) is 9.61 Å². The third-order valence-corrected chi connectivity index (χ3v) is 3.96. The summed E-state index contributed by atoms with van der Waals surface area (Å²) < 4.78 is 1.01. The Kier molecular flexibility index (Phi) is 3.11. The highest BCUT2D eigenvalue weighted by molar-refractivity contribution is 6.03. The summed E-state index contributed by atoms with van der Waals surface area (Å²) in [4.78, 5) is 32.6. The molecule has 0 saturated carbocycles. The van der Waals surface area contributed by atoms with E-state index >= 15 is 0 Å². The number of hydrogen-bond donors (Lipinski definition) is 1. The van der Waals surface area contributed by atoms with Crippen molar-refractivity contribution in [1.29, 1.82) is 0 Å². The number of nitrogens with one attached hydrogen (secondary N) is 1. The van der Waals surface area contributed by atoms with Crippen LogP contribution in [0, 0.1) is 0 Å². The molecule has 0 fully saturated rings. The molecule has 23 heavy (non-hydrogen) atoms. The van der Waals surface area contributed by atoms with Gasteiger partial charge in [-0.15, -0.1) is 0 Å². The second-order valence-electron chi connectivity index (χ2n) is 5.42. The Morgan fingerprint density at radius 3 is 2.91 bits per heavy atom. The quantitative estimate of drug-likeness (QED) is 0.769. The minimum absolute atomic E-state index is 0.0662. The van der Waals surface area contributed by atoms with Gasteiger partial charge in [0.05, 0.1) is 12.4 Å². The zero-order valence-electron chi connectivity index (χ0n) is 12.2. The minimum atomic E-state index is -0.540. The van der Waals surface area contributed by atoms with E-state index in [4.69, 9.17) is 0 Å². The lowest BCUT2D eigenvalue weighted by atomic mass is 10.1. The summed E-state index contributed by atoms with van der Waals surface area (Å²) in [6.45, 7) is 0. The van der Waals surface area contributed by atoms with Crippen LogP contribution in [-0.4, -0.2) is 25.5 Å². The molecule has 1 aliphatic carbocycles. The van der Waals surface area contributed by atoms with Gasteiger partial charge in [-0.25, -0.2) is 9.97 Å². The summed E-state index contributed by atoms with van der Waals surface area (Å²) in [7, 11) is 0. The van der Waals surface area contributed by atoms with Crippen molar-refractivity contribution in [2.45, 2.75) is 19.3 Å². The Balaban J connectivity index is 1.67. The van der Waals surface area contributed by atoms with E-state index in [9.17, 15) is 9.59 Å². The zero-order chi connectivity index (χ0) is 15.8. The number of amides is 1. The highest BCUT2D eigenvalue weighted by Gasteiger charge is 2.16. The van der Waals surface area contributed by atoms with Crippen LogP contribution < -0.4 is 10.9 Å². The number of carbonyl (C=O) groups excluding carboxylic acids is 1. The number of aryl methyl sites for hydroxylation is 2. The van der Waals surface area contributed by atoms with Crippen molar-refractivity contribution in [2.24, 2.45) is 0 Å². The van der Waals surface area contributed by atoms with Crippen molar-refractivity contribution in [1.82, 2.24) is 19.6 Å². The highest BCUT2D eigenvalue weighted by atomic mass is 16.2. The molecule has 1 N–H and O–H groups in total. The lowest BCUT2D eigenvalue weighted by Gasteiger charge is -2.07. The Morgan fingerprint density at radius 1 is 1.13 bits per heavy atom. The summed E-state index contributed by atoms with van der Waals surface area (Å²) in [6, 6.07) is 5.84. The van der Waals surface area contributed by atoms with E-state index < -0.39 is 11.5 Å². The van der Waals surface area contributed by atoms with Gasteiger partial charge in [-0.3, -0.25) is 9.59 Å². The van der Waals surface area contributed by atoms with E-state index in [1.165, 1.54) is 29.7 Å². The van der Waals surface area contributed by atoms with Crippen LogP contribution in [-0.2, 0) is 12.8 Å². The SMILES string of the molecule is O=C(Nc1ccc2c(c1)CCC2)c1cnc2nccnn2c1=O. The number of anilines is 1. The molecule has 0 bridgehead atoms. The predicted molar refractivity (Wildman–Crippen MR) is 83.5 cm³/mol. The third kappa shape index (κ3) is 2.36. The fourth-order valence-corrected chi connectivity index (χ4v) is 2.83. The molecule has 7 heteroatoms. The zero-order valence-corrected chi connectivity index (χ0v) is 12.2. The number of benzene rings is 1. The monoisotopic (exact) mass is 307 g/mol. The number of nitrogens with zero attached hydrogens (tertiary/aromatic N) is 4. The molecule has 1 amide bonds. The molecule has 4 rings (SSSR count). The fourth-order valence-electron chi connectivity index (χ4n) is 2.83. The van der Waals surface area contributed by atoms with Crippen LogP contribution in [0.4, 0.5) is 5.69 Å². The number of hydrogen-bond acceptors (Lipinski definition) is 5. The number of fused-ring (bicyclic) bond motifs is 2. The van der Waals surface area contributed by atoms with E-state index in [0.29, 0.717) is 5.69 Å². The van der Waals surface area contributed by atoms with Crippen molar-refractivity contribution in [3.63, 3.8) is 0 Å². The van der Waals surface area contributed by atoms with Gasteiger partial charge in [0, 0.05) is 11.9 Å². The van der Waals surface area contributed by atoms with Crippen molar-refractivity contribution in [3.05, 3.63) is 63.8 Å². The second kappa shape index (κ2) is 5.28. The largest absolute Gasteiger partial charge is 0.322 e. The maximum absolute atomic E-state index is 12.4. The van der Waals surface area contributed by atoms with Crippen LogP contribution in [0.25, 0.3) is 5.78 Å². The van der Waals surface area contributed by atoms with E-state index in [2.05, 4.69) is 20.4 Å². The van der Waals surface area contributed by atoms with Gasteiger partial charge in [0.1, 0.15) is 5.56 Å². The van der Waals surface area contributed by atoms with Crippen LogP contribution in [0.5, 0.6) is 0 Å². The summed E-state index contributed by atoms with van der Waals surface area (Å²) in [5, 5.41) is 6.63. The molecule has 0 radical (unpaired) electrons. The van der Waals surface area contributed by atoms with Crippen LogP contribution >= 0.6 is 0 Å². The third-order valence-electron chi connectivity index (χ3n) is 3.96. The Bertz CT molecular complexity index is 980. The Morgan fingerprint density at radius 2 is 2.00 bits per heavy atom. The lowest BCUT2D eigenvalue weighted by molar-refractivity contribution is 0.102. The van der Waals surface area contributed by atoms with Crippen LogP contribution in [0.3, 0.4) is 0 Å². The average Bonchev–Trinajstić information content (AvgIpc) is 3.03. The number of rotatable bonds is 2. The molecule has 114 valence electrons. The molecule has 0 unspecified atom stereocenters. The first-order chi connectivity index (χ1) is 11.2. The molecule has 0 atom stereocenters. The molecule has 7 nitrogen and oxygen atoms in total. The van der Waals surface area contributed by atoms with Crippen LogP contribution in [0.2, 0.25) is 0 Å². The summed E-state index contributed by atoms with van der Waals surface area (Å²) >= 11 is 0. The van der Waals surface area contributed by atoms with Crippen LogP contribution in [0.15, 0.2) is 41.6 Å². The van der Waals surface area contributed by atoms with Gasteiger partial charge in [0.15, 0.2) is 0 Å². The molecule has 2 aromatic heterocycles. The van der Waals surface area contributed by atoms with E-state index in [1.807, 2.05) is 18.2 Å². The summed E-state index contributed by atoms with van der Waals surface area (Å²) in [5.74, 6) is -0.341. The molecular formula is C16H13N5O2. The highest BCUT2D eigenvalue weighted by Crippen LogP contribution is 2.24. The van der Waals surface area contributed by atoms with E-state index in [-0.39, 0.29) is 11.3 Å². The Hall–Kier alpha value is -3.09. The molecule has 3 aromatic rings. The van der Waals surface area contributed by atoms with Gasteiger partial charge in [-0.05, 0) is 42.5 Å². The predicted octanol–water partition coefficient (Wildman–Crippen LogP) is 1.23. The molecule has 1 aromatic carbocycles. The molecule has 2 heterocycles. The number of carbonyl (C=O) groups is 1. The Labute approximate surface area is 131 Å². The summed E-state index contributed by atoms with van der Waals surface area (Å²) in [6.07, 6.45) is 7.29. The van der Waals surface area contributed by atoms with Crippen molar-refractivity contribution in [3.8, 4) is 0 Å². The normalized spacial score (nSPS) is 13.0. The number of aromatic nitrogens is 4. The van der Waals surface area contributed by atoms with Crippen molar-refractivity contribution < 1.29 is 4.79 Å². The first kappa shape index (κ1) is 13.6. The van der Waals surface area contributed by atoms with Gasteiger partial charge in [-0.1, -0.05) is 6.07 Å². The smallest absolute Gasteiger partial charge is 0.288 e. The lowest BCUT2D eigenvalue weighted by Crippen LogP contribution is -2.28. The van der Waals surface area contributed by atoms with Gasteiger partial charge >= 0.3 is 0 Å². The molecule has 0 spiro atoms. The van der Waals surface area contributed by atoms with Gasteiger partial charge in [0.2, 0.25) is 0 Å². The minimum Gasteiger partial charge on any atom is -0.322 e. The van der Waals surface area contributed by atoms with Crippen molar-refractivity contribution in [2.75, 3.05) is 5.32 Å². The topological polar surface area (TPSA) is 89.2 Å².